The summed E-state index contributed by atoms with van der Waals surface area (Å²) in [7, 11) is 0. The number of fused-ring (bicyclic) bond motifs is 1. The molecule has 3 rings (SSSR count). The van der Waals surface area contributed by atoms with Crippen LogP contribution in [0.4, 0.5) is 4.39 Å². The molecule has 0 unspecified atom stereocenters. The van der Waals surface area contributed by atoms with Crippen LogP contribution in [0.1, 0.15) is 22.8 Å². The molecule has 3 aromatic rings. The molecule has 0 atom stereocenters. The molecule has 0 aliphatic rings. The number of rotatable bonds is 5. The zero-order valence-corrected chi connectivity index (χ0v) is 13.3. The van der Waals surface area contributed by atoms with Crippen LogP contribution in [-0.2, 0) is 0 Å². The minimum Gasteiger partial charge on any atom is -0.493 e. The van der Waals surface area contributed by atoms with Crippen LogP contribution in [0.25, 0.3) is 16.8 Å². The molecule has 0 amide bonds. The molecule has 0 spiro atoms. The highest BCUT2D eigenvalue weighted by Crippen LogP contribution is 2.29. The van der Waals surface area contributed by atoms with Crippen LogP contribution in [0, 0.1) is 5.82 Å². The fourth-order valence-corrected chi connectivity index (χ4v) is 2.60. The molecule has 0 saturated heterocycles. The van der Waals surface area contributed by atoms with Gasteiger partial charge in [-0.25, -0.2) is 4.39 Å². The Bertz CT molecular complexity index is 895. The fraction of sp³-hybridized carbons (Fsp3) is 0.0952. The first kappa shape index (κ1) is 15.9. The molecule has 120 valence electrons. The summed E-state index contributed by atoms with van der Waals surface area (Å²) in [5.41, 5.74) is 1.32. The highest BCUT2D eigenvalue weighted by molar-refractivity contribution is 6.08. The van der Waals surface area contributed by atoms with Crippen molar-refractivity contribution in [2.24, 2.45) is 0 Å². The second-order valence-corrected chi connectivity index (χ2v) is 5.34. The van der Waals surface area contributed by atoms with Gasteiger partial charge in [-0.1, -0.05) is 30.3 Å². The van der Waals surface area contributed by atoms with Crippen molar-refractivity contribution >= 4 is 22.6 Å². The lowest BCUT2D eigenvalue weighted by molar-refractivity contribution is 0.104. The highest BCUT2D eigenvalue weighted by Gasteiger charge is 2.07. The monoisotopic (exact) mass is 320 g/mol. The normalized spacial score (nSPS) is 11.1. The minimum absolute atomic E-state index is 0.176. The number of halogens is 1. The van der Waals surface area contributed by atoms with E-state index in [1.165, 1.54) is 30.3 Å². The number of benzene rings is 3. The van der Waals surface area contributed by atoms with Gasteiger partial charge in [-0.15, -0.1) is 0 Å². The van der Waals surface area contributed by atoms with E-state index in [9.17, 15) is 9.18 Å². The van der Waals surface area contributed by atoms with Gasteiger partial charge in [0.15, 0.2) is 5.78 Å². The van der Waals surface area contributed by atoms with Gasteiger partial charge >= 0.3 is 0 Å². The molecule has 0 bridgehead atoms. The zero-order valence-electron chi connectivity index (χ0n) is 13.3. The minimum atomic E-state index is -0.358. The number of ketones is 1. The number of ether oxygens (including phenoxy) is 1. The maximum Gasteiger partial charge on any atom is 0.185 e. The maximum absolute atomic E-state index is 13.0. The van der Waals surface area contributed by atoms with E-state index < -0.39 is 0 Å². The summed E-state index contributed by atoms with van der Waals surface area (Å²) in [6.07, 6.45) is 3.26. The smallest absolute Gasteiger partial charge is 0.185 e. The summed E-state index contributed by atoms with van der Waals surface area (Å²) in [5.74, 6) is 0.202. The standard InChI is InChI=1S/C21H17FO2/c1-2-24-21-14-9-15-5-3-4-6-18(15)19(21)12-13-20(23)16-7-10-17(22)11-8-16/h3-14H,2H2,1H3/b13-12+. The lowest BCUT2D eigenvalue weighted by atomic mass is 10.0. The predicted octanol–water partition coefficient (Wildman–Crippen LogP) is 5.27. The molecule has 3 heteroatoms. The molecule has 0 aromatic heterocycles. The van der Waals surface area contributed by atoms with Gasteiger partial charge in [-0.2, -0.15) is 0 Å². The van der Waals surface area contributed by atoms with Gasteiger partial charge in [0.1, 0.15) is 11.6 Å². The van der Waals surface area contributed by atoms with Crippen LogP contribution in [0.15, 0.2) is 66.7 Å². The Hall–Kier alpha value is -2.94. The number of carbonyl (C=O) groups excluding carboxylic acids is 1. The zero-order chi connectivity index (χ0) is 16.9. The lowest BCUT2D eigenvalue weighted by Gasteiger charge is -2.10. The van der Waals surface area contributed by atoms with Crippen molar-refractivity contribution in [3.63, 3.8) is 0 Å². The van der Waals surface area contributed by atoms with Crippen molar-refractivity contribution in [2.75, 3.05) is 6.61 Å². The highest BCUT2D eigenvalue weighted by atomic mass is 19.1. The van der Waals surface area contributed by atoms with E-state index >= 15 is 0 Å². The van der Waals surface area contributed by atoms with Crippen LogP contribution in [0.2, 0.25) is 0 Å². The maximum atomic E-state index is 13.0. The Morgan fingerprint density at radius 1 is 1.04 bits per heavy atom. The molecule has 0 saturated carbocycles. The van der Waals surface area contributed by atoms with Crippen LogP contribution in [0.5, 0.6) is 5.75 Å². The summed E-state index contributed by atoms with van der Waals surface area (Å²) in [6, 6.07) is 17.4. The van der Waals surface area contributed by atoms with E-state index in [2.05, 4.69) is 0 Å². The van der Waals surface area contributed by atoms with Crippen molar-refractivity contribution < 1.29 is 13.9 Å². The Morgan fingerprint density at radius 3 is 2.54 bits per heavy atom. The van der Waals surface area contributed by atoms with Gasteiger partial charge in [0.2, 0.25) is 0 Å². The Balaban J connectivity index is 1.99. The summed E-state index contributed by atoms with van der Waals surface area (Å²) < 4.78 is 18.7. The SMILES string of the molecule is CCOc1ccc2ccccc2c1/C=C/C(=O)c1ccc(F)cc1. The first-order chi connectivity index (χ1) is 11.7. The Labute approximate surface area is 140 Å². The molecule has 0 aliphatic carbocycles. The number of hydrogen-bond acceptors (Lipinski definition) is 2. The van der Waals surface area contributed by atoms with Crippen LogP contribution in [0.3, 0.4) is 0 Å². The lowest BCUT2D eigenvalue weighted by Crippen LogP contribution is -1.96. The van der Waals surface area contributed by atoms with Crippen LogP contribution >= 0.6 is 0 Å². The van der Waals surface area contributed by atoms with Gasteiger partial charge in [0.25, 0.3) is 0 Å². The van der Waals surface area contributed by atoms with Gasteiger partial charge < -0.3 is 4.74 Å². The summed E-state index contributed by atoms with van der Waals surface area (Å²) in [5, 5.41) is 2.10. The molecule has 0 heterocycles. The van der Waals surface area contributed by atoms with E-state index in [4.69, 9.17) is 4.74 Å². The number of allylic oxidation sites excluding steroid dienone is 1. The van der Waals surface area contributed by atoms with Gasteiger partial charge in [0, 0.05) is 11.1 Å². The molecule has 2 nitrogen and oxygen atoms in total. The Kier molecular flexibility index (Phi) is 4.71. The average Bonchev–Trinajstić information content (AvgIpc) is 2.61. The van der Waals surface area contributed by atoms with Crippen molar-refractivity contribution in [2.45, 2.75) is 6.92 Å². The van der Waals surface area contributed by atoms with Crippen molar-refractivity contribution in [1.29, 1.82) is 0 Å². The first-order valence-electron chi connectivity index (χ1n) is 7.81. The van der Waals surface area contributed by atoms with Gasteiger partial charge in [-0.3, -0.25) is 4.79 Å². The van der Waals surface area contributed by atoms with E-state index in [0.717, 1.165) is 22.1 Å². The molecular formula is C21H17FO2. The molecule has 0 N–H and O–H groups in total. The third-order valence-corrected chi connectivity index (χ3v) is 3.76. The predicted molar refractivity (Wildman–Crippen MR) is 94.9 cm³/mol. The third kappa shape index (κ3) is 3.35. The average molecular weight is 320 g/mol. The molecular weight excluding hydrogens is 303 g/mol. The summed E-state index contributed by atoms with van der Waals surface area (Å²) >= 11 is 0. The van der Waals surface area contributed by atoms with Crippen molar-refractivity contribution in [3.05, 3.63) is 83.7 Å². The van der Waals surface area contributed by atoms with Crippen molar-refractivity contribution in [3.8, 4) is 5.75 Å². The third-order valence-electron chi connectivity index (χ3n) is 3.76. The van der Waals surface area contributed by atoms with Crippen LogP contribution in [-0.4, -0.2) is 12.4 Å². The number of carbonyl (C=O) groups is 1. The van der Waals surface area contributed by atoms with E-state index in [-0.39, 0.29) is 11.6 Å². The summed E-state index contributed by atoms with van der Waals surface area (Å²) in [4.78, 5) is 12.3. The molecule has 0 aliphatic heterocycles. The van der Waals surface area contributed by atoms with E-state index in [0.29, 0.717) is 12.2 Å². The quantitative estimate of drug-likeness (QED) is 0.472. The fourth-order valence-electron chi connectivity index (χ4n) is 2.60. The molecule has 24 heavy (non-hydrogen) atoms. The second-order valence-electron chi connectivity index (χ2n) is 5.34. The van der Waals surface area contributed by atoms with E-state index in [1.54, 1.807) is 6.08 Å². The Morgan fingerprint density at radius 2 is 1.79 bits per heavy atom. The van der Waals surface area contributed by atoms with E-state index in [1.807, 2.05) is 43.3 Å². The van der Waals surface area contributed by atoms with Crippen molar-refractivity contribution in [1.82, 2.24) is 0 Å². The molecule has 3 aromatic carbocycles. The largest absolute Gasteiger partial charge is 0.493 e. The first-order valence-corrected chi connectivity index (χ1v) is 7.81. The van der Waals surface area contributed by atoms with Gasteiger partial charge in [-0.05, 0) is 60.2 Å². The van der Waals surface area contributed by atoms with Crippen LogP contribution < -0.4 is 4.74 Å². The molecule has 0 radical (unpaired) electrons. The molecule has 0 fully saturated rings. The topological polar surface area (TPSA) is 26.3 Å². The summed E-state index contributed by atoms with van der Waals surface area (Å²) in [6.45, 7) is 2.47. The van der Waals surface area contributed by atoms with Gasteiger partial charge in [0.05, 0.1) is 6.61 Å². The second kappa shape index (κ2) is 7.09. The number of hydrogen-bond donors (Lipinski definition) is 0.